The minimum absolute atomic E-state index is 0. The van der Waals surface area contributed by atoms with Crippen molar-refractivity contribution in [1.82, 2.24) is 20.1 Å². The van der Waals surface area contributed by atoms with Crippen LogP contribution in [0, 0.1) is 18.7 Å². The summed E-state index contributed by atoms with van der Waals surface area (Å²) in [6, 6.07) is 21.6. The molecule has 3 heterocycles. The van der Waals surface area contributed by atoms with E-state index in [4.69, 9.17) is 4.98 Å². The van der Waals surface area contributed by atoms with E-state index >= 15 is 0 Å². The summed E-state index contributed by atoms with van der Waals surface area (Å²) in [5.41, 5.74) is 5.25. The second-order valence-electron chi connectivity index (χ2n) is 11.8. The Morgan fingerprint density at radius 1 is 1.00 bits per heavy atom. The molecule has 2 aromatic heterocycles. The number of fused-ring (bicyclic) bond motifs is 3. The number of carbonyl (C=O) groups is 2. The molecule has 2 aliphatic rings. The standard InChI is InChI=1S/C35H30F3N5O2.ClH/c1-21-14-18-43(41-21)25-10-7-23(8-11-25)33(44)40-30-13-16-35(37,38)20-28(30)34(45)42-17-15-26-31(22-5-3-2-4-6-22)39-29-12-9-24(36)19-27(29)32(26)42;/h2-12,14,18-19,28,30H,13,15-17,20H2,1H3,(H,40,44);1H/t28-,30-;/m1./s1. The first-order chi connectivity index (χ1) is 21.7. The van der Waals surface area contributed by atoms with Gasteiger partial charge < -0.3 is 10.2 Å². The molecule has 0 unspecified atom stereocenters. The SMILES string of the molecule is Cc1ccn(-c2ccc(C(=O)N[C@@H]3CCC(F)(F)C[C@H]3C(=O)N3CCc4c(-c5ccccc5)nc5ccc(F)cc5c43)cc2)n1.Cl. The number of nitrogens with one attached hydrogen (secondary N) is 1. The Morgan fingerprint density at radius 2 is 1.76 bits per heavy atom. The highest BCUT2D eigenvalue weighted by Crippen LogP contribution is 2.44. The first-order valence-corrected chi connectivity index (χ1v) is 15.0. The lowest BCUT2D eigenvalue weighted by molar-refractivity contribution is -0.131. The molecule has 2 amide bonds. The Morgan fingerprint density at radius 3 is 2.48 bits per heavy atom. The Bertz CT molecular complexity index is 1930. The number of aryl methyl sites for hydroxylation is 1. The van der Waals surface area contributed by atoms with Crippen molar-refractivity contribution < 1.29 is 22.8 Å². The number of nitrogens with zero attached hydrogens (tertiary/aromatic N) is 4. The number of hydrogen-bond acceptors (Lipinski definition) is 4. The molecule has 2 atom stereocenters. The molecule has 5 aromatic rings. The molecule has 0 radical (unpaired) electrons. The van der Waals surface area contributed by atoms with E-state index in [1.165, 1.54) is 17.0 Å². The van der Waals surface area contributed by atoms with Crippen LogP contribution in [0.4, 0.5) is 18.9 Å². The maximum atomic E-state index is 14.9. The van der Waals surface area contributed by atoms with Crippen molar-refractivity contribution in [3.8, 4) is 16.9 Å². The Labute approximate surface area is 269 Å². The lowest BCUT2D eigenvalue weighted by Crippen LogP contribution is -2.52. The molecular weight excluding hydrogens is 615 g/mol. The normalized spacial score (nSPS) is 18.6. The number of alkyl halides is 2. The predicted octanol–water partition coefficient (Wildman–Crippen LogP) is 7.08. The van der Waals surface area contributed by atoms with Crippen LogP contribution in [0.1, 0.15) is 40.9 Å². The molecule has 1 fully saturated rings. The molecular formula is C35H31ClF3N5O2. The van der Waals surface area contributed by atoms with E-state index in [0.717, 1.165) is 22.5 Å². The number of aromatic nitrogens is 3. The van der Waals surface area contributed by atoms with E-state index in [1.807, 2.05) is 49.5 Å². The van der Waals surface area contributed by atoms with Crippen LogP contribution in [0.25, 0.3) is 27.8 Å². The van der Waals surface area contributed by atoms with Gasteiger partial charge in [-0.1, -0.05) is 30.3 Å². The number of pyridine rings is 1. The molecule has 7 nitrogen and oxygen atoms in total. The van der Waals surface area contributed by atoms with Crippen LogP contribution >= 0.6 is 12.4 Å². The number of halogens is 4. The summed E-state index contributed by atoms with van der Waals surface area (Å²) in [7, 11) is 0. The second kappa shape index (κ2) is 12.2. The van der Waals surface area contributed by atoms with Crippen molar-refractivity contribution in [2.45, 2.75) is 44.6 Å². The average Bonchev–Trinajstić information content (AvgIpc) is 3.69. The number of rotatable bonds is 5. The zero-order chi connectivity index (χ0) is 31.3. The van der Waals surface area contributed by atoms with Crippen LogP contribution < -0.4 is 10.2 Å². The number of amides is 2. The third-order valence-electron chi connectivity index (χ3n) is 8.76. The fourth-order valence-electron chi connectivity index (χ4n) is 6.54. The van der Waals surface area contributed by atoms with Crippen molar-refractivity contribution in [2.24, 2.45) is 5.92 Å². The van der Waals surface area contributed by atoms with Gasteiger partial charge in [0.05, 0.1) is 34.2 Å². The average molecular weight is 646 g/mol. The summed E-state index contributed by atoms with van der Waals surface area (Å²) in [4.78, 5) is 33.9. The van der Waals surface area contributed by atoms with Gasteiger partial charge in [0, 0.05) is 53.7 Å². The number of carbonyl (C=O) groups excluding carboxylic acids is 2. The minimum Gasteiger partial charge on any atom is -0.348 e. The first-order valence-electron chi connectivity index (χ1n) is 15.0. The van der Waals surface area contributed by atoms with E-state index < -0.39 is 48.4 Å². The van der Waals surface area contributed by atoms with E-state index in [9.17, 15) is 22.8 Å². The third kappa shape index (κ3) is 5.85. The van der Waals surface area contributed by atoms with E-state index in [2.05, 4.69) is 10.4 Å². The second-order valence-corrected chi connectivity index (χ2v) is 11.8. The van der Waals surface area contributed by atoms with Gasteiger partial charge in [0.15, 0.2) is 0 Å². The van der Waals surface area contributed by atoms with Crippen molar-refractivity contribution in [2.75, 3.05) is 11.4 Å². The molecule has 7 rings (SSSR count). The summed E-state index contributed by atoms with van der Waals surface area (Å²) in [5.74, 6) is -5.68. The van der Waals surface area contributed by atoms with E-state index in [-0.39, 0.29) is 25.4 Å². The molecule has 236 valence electrons. The van der Waals surface area contributed by atoms with Gasteiger partial charge >= 0.3 is 0 Å². The van der Waals surface area contributed by atoms with Crippen LogP contribution in [-0.2, 0) is 11.2 Å². The van der Waals surface area contributed by atoms with Gasteiger partial charge in [0.25, 0.3) is 5.91 Å². The number of benzene rings is 3. The Kier molecular flexibility index (Phi) is 8.33. The predicted molar refractivity (Wildman–Crippen MR) is 172 cm³/mol. The zero-order valence-corrected chi connectivity index (χ0v) is 25.7. The van der Waals surface area contributed by atoms with Crippen LogP contribution in [0.3, 0.4) is 0 Å². The smallest absolute Gasteiger partial charge is 0.251 e. The molecule has 46 heavy (non-hydrogen) atoms. The van der Waals surface area contributed by atoms with Crippen LogP contribution in [0.5, 0.6) is 0 Å². The Balaban J connectivity index is 0.00000372. The lowest BCUT2D eigenvalue weighted by atomic mass is 9.81. The molecule has 0 bridgehead atoms. The molecule has 1 saturated carbocycles. The van der Waals surface area contributed by atoms with Crippen molar-refractivity contribution >= 4 is 40.8 Å². The molecule has 3 aromatic carbocycles. The maximum absolute atomic E-state index is 14.9. The quantitative estimate of drug-likeness (QED) is 0.222. The molecule has 0 saturated heterocycles. The minimum atomic E-state index is -3.06. The number of anilines is 1. The molecule has 1 aliphatic carbocycles. The van der Waals surface area contributed by atoms with Crippen molar-refractivity contribution in [1.29, 1.82) is 0 Å². The lowest BCUT2D eigenvalue weighted by Gasteiger charge is -2.37. The van der Waals surface area contributed by atoms with E-state index in [0.29, 0.717) is 34.3 Å². The molecule has 1 aliphatic heterocycles. The summed E-state index contributed by atoms with van der Waals surface area (Å²) < 4.78 is 46.0. The largest absolute Gasteiger partial charge is 0.348 e. The fourth-order valence-corrected chi connectivity index (χ4v) is 6.54. The van der Waals surface area contributed by atoms with Crippen LogP contribution in [0.15, 0.2) is 85.1 Å². The first kappa shape index (κ1) is 31.3. The van der Waals surface area contributed by atoms with Gasteiger partial charge in [-0.15, -0.1) is 12.4 Å². The van der Waals surface area contributed by atoms with Crippen molar-refractivity contribution in [3.63, 3.8) is 0 Å². The monoisotopic (exact) mass is 645 g/mol. The third-order valence-corrected chi connectivity index (χ3v) is 8.76. The topological polar surface area (TPSA) is 80.1 Å². The van der Waals surface area contributed by atoms with Gasteiger partial charge in [-0.05, 0) is 68.3 Å². The molecule has 1 N–H and O–H groups in total. The van der Waals surface area contributed by atoms with Gasteiger partial charge in [-0.2, -0.15) is 5.10 Å². The highest BCUT2D eigenvalue weighted by molar-refractivity contribution is 6.08. The Hall–Kier alpha value is -4.70. The molecule has 11 heteroatoms. The zero-order valence-electron chi connectivity index (χ0n) is 24.9. The van der Waals surface area contributed by atoms with Gasteiger partial charge in [-0.3, -0.25) is 9.59 Å². The molecule has 0 spiro atoms. The number of hydrogen-bond donors (Lipinski definition) is 1. The summed E-state index contributed by atoms with van der Waals surface area (Å²) in [6.45, 7) is 2.12. The van der Waals surface area contributed by atoms with Gasteiger partial charge in [-0.25, -0.2) is 22.8 Å². The maximum Gasteiger partial charge on any atom is 0.251 e. The van der Waals surface area contributed by atoms with Gasteiger partial charge in [0.1, 0.15) is 5.82 Å². The summed E-state index contributed by atoms with van der Waals surface area (Å²) in [5, 5.41) is 7.70. The van der Waals surface area contributed by atoms with Crippen LogP contribution in [0.2, 0.25) is 0 Å². The van der Waals surface area contributed by atoms with E-state index in [1.54, 1.807) is 35.0 Å². The fraction of sp³-hybridized carbons (Fsp3) is 0.257. The highest BCUT2D eigenvalue weighted by Gasteiger charge is 2.47. The highest BCUT2D eigenvalue weighted by atomic mass is 35.5. The van der Waals surface area contributed by atoms with Crippen LogP contribution in [-0.4, -0.2) is 45.1 Å². The van der Waals surface area contributed by atoms with Gasteiger partial charge in [0.2, 0.25) is 11.8 Å². The summed E-state index contributed by atoms with van der Waals surface area (Å²) in [6.07, 6.45) is 1.07. The van der Waals surface area contributed by atoms with Crippen molar-refractivity contribution in [3.05, 3.63) is 108 Å². The summed E-state index contributed by atoms with van der Waals surface area (Å²) >= 11 is 0.